The lowest BCUT2D eigenvalue weighted by Gasteiger charge is -2.22. The zero-order chi connectivity index (χ0) is 12.0. The lowest BCUT2D eigenvalue weighted by atomic mass is 10.2. The average Bonchev–Trinajstić information content (AvgIpc) is 2.28. The van der Waals surface area contributed by atoms with Gasteiger partial charge in [0.15, 0.2) is 0 Å². The maximum Gasteiger partial charge on any atom is 0.223 e. The van der Waals surface area contributed by atoms with Gasteiger partial charge in [0.2, 0.25) is 5.91 Å². The zero-order valence-electron chi connectivity index (χ0n) is 10.2. The van der Waals surface area contributed by atoms with Gasteiger partial charge in [0.25, 0.3) is 0 Å². The Morgan fingerprint density at radius 3 is 2.56 bits per heavy atom. The fraction of sp³-hybridized carbons (Fsp3) is 0.462. The molecule has 0 aromatic heterocycles. The summed E-state index contributed by atoms with van der Waals surface area (Å²) in [5, 5.41) is 0. The number of benzene rings is 1. The van der Waals surface area contributed by atoms with E-state index in [1.54, 1.807) is 11.8 Å². The van der Waals surface area contributed by atoms with E-state index in [4.69, 9.17) is 4.74 Å². The fourth-order valence-electron chi connectivity index (χ4n) is 1.58. The van der Waals surface area contributed by atoms with Gasteiger partial charge in [-0.1, -0.05) is 19.1 Å². The van der Waals surface area contributed by atoms with E-state index < -0.39 is 0 Å². The van der Waals surface area contributed by atoms with Crippen molar-refractivity contribution in [1.82, 2.24) is 0 Å². The van der Waals surface area contributed by atoms with Crippen LogP contribution < -0.4 is 9.64 Å². The van der Waals surface area contributed by atoms with E-state index in [9.17, 15) is 4.79 Å². The molecule has 1 aromatic rings. The van der Waals surface area contributed by atoms with Crippen molar-refractivity contribution >= 4 is 11.6 Å². The first kappa shape index (κ1) is 12.6. The molecular formula is C13H19NO2. The Kier molecular flexibility index (Phi) is 4.83. The van der Waals surface area contributed by atoms with Crippen LogP contribution in [-0.4, -0.2) is 19.1 Å². The molecule has 0 unspecified atom stereocenters. The molecule has 1 amide bonds. The third-order valence-corrected chi connectivity index (χ3v) is 2.31. The monoisotopic (exact) mass is 221 g/mol. The number of anilines is 1. The molecule has 0 aliphatic rings. The highest BCUT2D eigenvalue weighted by molar-refractivity contribution is 5.93. The Morgan fingerprint density at radius 1 is 1.31 bits per heavy atom. The largest absolute Gasteiger partial charge is 0.491 e. The third-order valence-electron chi connectivity index (χ3n) is 2.31. The van der Waals surface area contributed by atoms with Crippen molar-refractivity contribution in [2.75, 3.05) is 18.1 Å². The summed E-state index contributed by atoms with van der Waals surface area (Å²) in [4.78, 5) is 13.2. The summed E-state index contributed by atoms with van der Waals surface area (Å²) in [6, 6.07) is 7.65. The van der Waals surface area contributed by atoms with Gasteiger partial charge in [0.1, 0.15) is 5.75 Å². The van der Waals surface area contributed by atoms with Gasteiger partial charge >= 0.3 is 0 Å². The quantitative estimate of drug-likeness (QED) is 0.765. The molecule has 0 heterocycles. The van der Waals surface area contributed by atoms with E-state index in [-0.39, 0.29) is 5.91 Å². The number of hydrogen-bond acceptors (Lipinski definition) is 2. The maximum atomic E-state index is 11.5. The van der Waals surface area contributed by atoms with Crippen LogP contribution in [0.15, 0.2) is 24.3 Å². The Labute approximate surface area is 97.0 Å². The Hall–Kier alpha value is -1.51. The molecule has 0 aliphatic carbocycles. The smallest absolute Gasteiger partial charge is 0.223 e. The molecule has 0 bridgehead atoms. The fourth-order valence-corrected chi connectivity index (χ4v) is 1.58. The van der Waals surface area contributed by atoms with Crippen LogP contribution in [0.1, 0.15) is 27.2 Å². The Balaban J connectivity index is 2.96. The lowest BCUT2D eigenvalue weighted by molar-refractivity contribution is -0.116. The standard InChI is InChI=1S/C13H19NO2/c1-4-10-16-13-9-7-6-8-12(13)14(5-2)11(3)15/h6-9H,4-5,10H2,1-3H3. The van der Waals surface area contributed by atoms with Crippen molar-refractivity contribution in [3.05, 3.63) is 24.3 Å². The van der Waals surface area contributed by atoms with Crippen LogP contribution in [0, 0.1) is 0 Å². The van der Waals surface area contributed by atoms with Crippen molar-refractivity contribution in [1.29, 1.82) is 0 Å². The molecule has 3 heteroatoms. The first-order chi connectivity index (χ1) is 7.70. The van der Waals surface area contributed by atoms with Crippen molar-refractivity contribution < 1.29 is 9.53 Å². The van der Waals surface area contributed by atoms with Gasteiger partial charge in [-0.15, -0.1) is 0 Å². The van der Waals surface area contributed by atoms with Crippen molar-refractivity contribution in [2.24, 2.45) is 0 Å². The van der Waals surface area contributed by atoms with Crippen LogP contribution in [-0.2, 0) is 4.79 Å². The average molecular weight is 221 g/mol. The predicted molar refractivity (Wildman–Crippen MR) is 65.9 cm³/mol. The van der Waals surface area contributed by atoms with Crippen LogP contribution >= 0.6 is 0 Å². The minimum absolute atomic E-state index is 0.0371. The van der Waals surface area contributed by atoms with Crippen LogP contribution in [0.2, 0.25) is 0 Å². The zero-order valence-corrected chi connectivity index (χ0v) is 10.2. The molecule has 88 valence electrons. The number of hydrogen-bond donors (Lipinski definition) is 0. The Morgan fingerprint density at radius 2 is 2.00 bits per heavy atom. The molecule has 1 rings (SSSR count). The maximum absolute atomic E-state index is 11.5. The van der Waals surface area contributed by atoms with E-state index in [0.717, 1.165) is 17.9 Å². The highest BCUT2D eigenvalue weighted by atomic mass is 16.5. The van der Waals surface area contributed by atoms with Crippen LogP contribution in [0.4, 0.5) is 5.69 Å². The van der Waals surface area contributed by atoms with Gasteiger partial charge in [0.05, 0.1) is 12.3 Å². The number of para-hydroxylation sites is 2. The van der Waals surface area contributed by atoms with E-state index >= 15 is 0 Å². The molecular weight excluding hydrogens is 202 g/mol. The second kappa shape index (κ2) is 6.16. The van der Waals surface area contributed by atoms with Crippen molar-refractivity contribution in [2.45, 2.75) is 27.2 Å². The number of nitrogens with zero attached hydrogens (tertiary/aromatic N) is 1. The number of ether oxygens (including phenoxy) is 1. The molecule has 0 saturated carbocycles. The van der Waals surface area contributed by atoms with Gasteiger partial charge in [0, 0.05) is 13.5 Å². The molecule has 0 saturated heterocycles. The highest BCUT2D eigenvalue weighted by Gasteiger charge is 2.13. The van der Waals surface area contributed by atoms with E-state index in [2.05, 4.69) is 6.92 Å². The Bertz CT molecular complexity index is 350. The minimum atomic E-state index is 0.0371. The summed E-state index contributed by atoms with van der Waals surface area (Å²) < 4.78 is 5.63. The van der Waals surface area contributed by atoms with Gasteiger partial charge in [-0.25, -0.2) is 0 Å². The van der Waals surface area contributed by atoms with Gasteiger partial charge in [-0.2, -0.15) is 0 Å². The topological polar surface area (TPSA) is 29.5 Å². The highest BCUT2D eigenvalue weighted by Crippen LogP contribution is 2.28. The summed E-state index contributed by atoms with van der Waals surface area (Å²) >= 11 is 0. The van der Waals surface area contributed by atoms with Gasteiger partial charge in [-0.3, -0.25) is 4.79 Å². The number of rotatable bonds is 5. The molecule has 16 heavy (non-hydrogen) atoms. The number of carbonyl (C=O) groups excluding carboxylic acids is 1. The van der Waals surface area contributed by atoms with Crippen molar-refractivity contribution in [3.63, 3.8) is 0 Å². The predicted octanol–water partition coefficient (Wildman–Crippen LogP) is 2.85. The summed E-state index contributed by atoms with van der Waals surface area (Å²) in [5.74, 6) is 0.816. The molecule has 0 aliphatic heterocycles. The van der Waals surface area contributed by atoms with Crippen LogP contribution in [0.25, 0.3) is 0 Å². The van der Waals surface area contributed by atoms with E-state index in [1.807, 2.05) is 31.2 Å². The molecule has 0 N–H and O–H groups in total. The second-order valence-corrected chi connectivity index (χ2v) is 3.58. The van der Waals surface area contributed by atoms with E-state index in [0.29, 0.717) is 13.2 Å². The first-order valence-electron chi connectivity index (χ1n) is 5.70. The summed E-state index contributed by atoms with van der Waals surface area (Å²) in [5.41, 5.74) is 0.853. The number of carbonyl (C=O) groups is 1. The van der Waals surface area contributed by atoms with Gasteiger partial charge < -0.3 is 9.64 Å². The third kappa shape index (κ3) is 2.99. The summed E-state index contributed by atoms with van der Waals surface area (Å²) in [6.07, 6.45) is 0.959. The molecule has 0 atom stereocenters. The minimum Gasteiger partial charge on any atom is -0.491 e. The van der Waals surface area contributed by atoms with Crippen molar-refractivity contribution in [3.8, 4) is 5.75 Å². The summed E-state index contributed by atoms with van der Waals surface area (Å²) in [6.45, 7) is 6.91. The second-order valence-electron chi connectivity index (χ2n) is 3.58. The normalized spacial score (nSPS) is 9.94. The van der Waals surface area contributed by atoms with E-state index in [1.165, 1.54) is 0 Å². The first-order valence-corrected chi connectivity index (χ1v) is 5.70. The molecule has 3 nitrogen and oxygen atoms in total. The lowest BCUT2D eigenvalue weighted by Crippen LogP contribution is -2.28. The molecule has 0 fully saturated rings. The SMILES string of the molecule is CCCOc1ccccc1N(CC)C(C)=O. The van der Waals surface area contributed by atoms with Crippen LogP contribution in [0.3, 0.4) is 0 Å². The molecule has 0 spiro atoms. The number of amides is 1. The molecule has 0 radical (unpaired) electrons. The summed E-state index contributed by atoms with van der Waals surface area (Å²) in [7, 11) is 0. The van der Waals surface area contributed by atoms with Crippen LogP contribution in [0.5, 0.6) is 5.75 Å². The molecule has 1 aromatic carbocycles. The van der Waals surface area contributed by atoms with Gasteiger partial charge in [-0.05, 0) is 25.5 Å².